The monoisotopic (exact) mass is 371 g/mol. The number of esters is 1. The minimum Gasteiger partial charge on any atom is -0.508 e. The minimum atomic E-state index is -0.324. The summed E-state index contributed by atoms with van der Waals surface area (Å²) in [5, 5.41) is 16.6. The molecule has 2 aliphatic rings. The van der Waals surface area contributed by atoms with Gasteiger partial charge in [0.2, 0.25) is 0 Å². The van der Waals surface area contributed by atoms with Crippen molar-refractivity contribution in [1.29, 1.82) is 0 Å². The second kappa shape index (κ2) is 6.41. The van der Waals surface area contributed by atoms with Gasteiger partial charge in [-0.25, -0.2) is 4.79 Å². The number of ether oxygens (including phenoxy) is 1. The molecule has 1 heterocycles. The standard InChI is InChI=1S/C24H21NO3/c1-28-24(27)15-9-11-20-19(13-15)17-7-4-8-18(17)23(25-20)22-16-6-3-2-5-14(16)10-12-21(22)26/h2-7,9-13,17-18,23,25-26H,8H2,1H3. The molecule has 3 atom stereocenters. The molecule has 1 aliphatic carbocycles. The van der Waals surface area contributed by atoms with Crippen LogP contribution in [0.1, 0.15) is 39.9 Å². The number of phenols is 1. The number of nitrogens with one attached hydrogen (secondary N) is 1. The fourth-order valence-corrected chi connectivity index (χ4v) is 4.74. The number of phenolic OH excluding ortho intramolecular Hbond substituents is 1. The number of hydrogen-bond acceptors (Lipinski definition) is 4. The lowest BCUT2D eigenvalue weighted by atomic mass is 9.75. The number of rotatable bonds is 2. The molecule has 2 N–H and O–H groups in total. The summed E-state index contributed by atoms with van der Waals surface area (Å²) in [7, 11) is 1.40. The first-order chi connectivity index (χ1) is 13.7. The first-order valence-electron chi connectivity index (χ1n) is 9.53. The second-order valence-electron chi connectivity index (χ2n) is 7.49. The normalized spacial score (nSPS) is 22.4. The maximum atomic E-state index is 12.0. The largest absolute Gasteiger partial charge is 0.508 e. The molecular formula is C24H21NO3. The molecule has 3 unspecified atom stereocenters. The summed E-state index contributed by atoms with van der Waals surface area (Å²) in [6.45, 7) is 0. The number of benzene rings is 3. The zero-order valence-corrected chi connectivity index (χ0v) is 15.6. The van der Waals surface area contributed by atoms with Gasteiger partial charge in [0.25, 0.3) is 0 Å². The molecule has 0 saturated heterocycles. The fraction of sp³-hybridized carbons (Fsp3) is 0.208. The molecule has 0 saturated carbocycles. The molecule has 0 amide bonds. The molecule has 3 aromatic rings. The van der Waals surface area contributed by atoms with Gasteiger partial charge in [0.1, 0.15) is 5.75 Å². The van der Waals surface area contributed by atoms with Crippen molar-refractivity contribution in [2.75, 3.05) is 12.4 Å². The average Bonchev–Trinajstić information content (AvgIpc) is 3.23. The molecular weight excluding hydrogens is 350 g/mol. The lowest BCUT2D eigenvalue weighted by molar-refractivity contribution is 0.0600. The third-order valence-corrected chi connectivity index (χ3v) is 6.04. The van der Waals surface area contributed by atoms with E-state index in [-0.39, 0.29) is 23.8 Å². The predicted octanol–water partition coefficient (Wildman–Crippen LogP) is 5.16. The molecule has 28 heavy (non-hydrogen) atoms. The number of anilines is 1. The van der Waals surface area contributed by atoms with Crippen LogP contribution in [0.3, 0.4) is 0 Å². The van der Waals surface area contributed by atoms with Crippen molar-refractivity contribution in [3.05, 3.63) is 83.4 Å². The Morgan fingerprint density at radius 1 is 1.14 bits per heavy atom. The van der Waals surface area contributed by atoms with Crippen molar-refractivity contribution in [2.45, 2.75) is 18.4 Å². The SMILES string of the molecule is COC(=O)c1ccc2c(c1)C1C=CCC1C(c1c(O)ccc3ccccc13)N2. The summed E-state index contributed by atoms with van der Waals surface area (Å²) in [6, 6.07) is 17.6. The first-order valence-corrected chi connectivity index (χ1v) is 9.53. The highest BCUT2D eigenvalue weighted by atomic mass is 16.5. The third kappa shape index (κ3) is 2.48. The van der Waals surface area contributed by atoms with Gasteiger partial charge >= 0.3 is 5.97 Å². The van der Waals surface area contributed by atoms with Crippen LogP contribution in [0.15, 0.2) is 66.7 Å². The van der Waals surface area contributed by atoms with Crippen LogP contribution >= 0.6 is 0 Å². The molecule has 0 fully saturated rings. The summed E-state index contributed by atoms with van der Waals surface area (Å²) >= 11 is 0. The molecule has 1 aliphatic heterocycles. The zero-order valence-electron chi connectivity index (χ0n) is 15.6. The van der Waals surface area contributed by atoms with Crippen LogP contribution in [0.25, 0.3) is 10.8 Å². The highest BCUT2D eigenvalue weighted by Crippen LogP contribution is 2.52. The maximum Gasteiger partial charge on any atom is 0.337 e. The molecule has 3 aromatic carbocycles. The van der Waals surface area contributed by atoms with E-state index in [4.69, 9.17) is 4.74 Å². The summed E-state index contributed by atoms with van der Waals surface area (Å²) in [5.41, 5.74) is 3.61. The Morgan fingerprint density at radius 3 is 2.86 bits per heavy atom. The number of hydrogen-bond donors (Lipinski definition) is 2. The van der Waals surface area contributed by atoms with Crippen LogP contribution in [0.2, 0.25) is 0 Å². The smallest absolute Gasteiger partial charge is 0.337 e. The Kier molecular flexibility index (Phi) is 3.86. The lowest BCUT2D eigenvalue weighted by Gasteiger charge is -2.38. The predicted molar refractivity (Wildman–Crippen MR) is 110 cm³/mol. The van der Waals surface area contributed by atoms with Crippen LogP contribution in [0, 0.1) is 5.92 Å². The van der Waals surface area contributed by atoms with E-state index in [1.165, 1.54) is 7.11 Å². The van der Waals surface area contributed by atoms with E-state index in [2.05, 4.69) is 29.6 Å². The van der Waals surface area contributed by atoms with Crippen molar-refractivity contribution in [1.82, 2.24) is 0 Å². The molecule has 0 aromatic heterocycles. The maximum absolute atomic E-state index is 12.0. The van der Waals surface area contributed by atoms with E-state index in [1.807, 2.05) is 30.3 Å². The van der Waals surface area contributed by atoms with Crippen molar-refractivity contribution in [3.63, 3.8) is 0 Å². The number of allylic oxidation sites excluding steroid dienone is 2. The molecule has 5 rings (SSSR count). The third-order valence-electron chi connectivity index (χ3n) is 6.04. The van der Waals surface area contributed by atoms with Crippen LogP contribution in [-0.4, -0.2) is 18.2 Å². The van der Waals surface area contributed by atoms with Crippen LogP contribution in [0.5, 0.6) is 5.75 Å². The van der Waals surface area contributed by atoms with E-state index in [1.54, 1.807) is 12.1 Å². The van der Waals surface area contributed by atoms with E-state index >= 15 is 0 Å². The minimum absolute atomic E-state index is 0.0115. The van der Waals surface area contributed by atoms with Crippen molar-refractivity contribution >= 4 is 22.4 Å². The Hall–Kier alpha value is -3.27. The van der Waals surface area contributed by atoms with Crippen molar-refractivity contribution < 1.29 is 14.6 Å². The van der Waals surface area contributed by atoms with Gasteiger partial charge in [-0.3, -0.25) is 0 Å². The molecule has 4 heteroatoms. The van der Waals surface area contributed by atoms with Crippen LogP contribution in [0.4, 0.5) is 5.69 Å². The topological polar surface area (TPSA) is 58.6 Å². The molecule has 140 valence electrons. The summed E-state index contributed by atoms with van der Waals surface area (Å²) in [4.78, 5) is 12.0. The number of aromatic hydroxyl groups is 1. The number of carbonyl (C=O) groups excluding carboxylic acids is 1. The number of fused-ring (bicyclic) bond motifs is 4. The van der Waals surface area contributed by atoms with Gasteiger partial charge in [0, 0.05) is 17.2 Å². The second-order valence-corrected chi connectivity index (χ2v) is 7.49. The Balaban J connectivity index is 1.65. The van der Waals surface area contributed by atoms with Gasteiger partial charge in [0.05, 0.1) is 18.7 Å². The van der Waals surface area contributed by atoms with Gasteiger partial charge in [-0.05, 0) is 52.9 Å². The van der Waals surface area contributed by atoms with Crippen molar-refractivity contribution in [3.8, 4) is 5.75 Å². The van der Waals surface area contributed by atoms with Crippen LogP contribution in [-0.2, 0) is 4.74 Å². The summed E-state index contributed by atoms with van der Waals surface area (Å²) in [5.74, 6) is 0.466. The van der Waals surface area contributed by atoms with Gasteiger partial charge in [-0.2, -0.15) is 0 Å². The quantitative estimate of drug-likeness (QED) is 0.483. The molecule has 0 spiro atoms. The molecule has 4 nitrogen and oxygen atoms in total. The Bertz CT molecular complexity index is 1120. The average molecular weight is 371 g/mol. The highest BCUT2D eigenvalue weighted by molar-refractivity contribution is 5.91. The van der Waals surface area contributed by atoms with Gasteiger partial charge in [-0.1, -0.05) is 42.5 Å². The van der Waals surface area contributed by atoms with E-state index < -0.39 is 0 Å². The number of carbonyl (C=O) groups is 1. The Morgan fingerprint density at radius 2 is 2.00 bits per heavy atom. The number of methoxy groups -OCH3 is 1. The van der Waals surface area contributed by atoms with E-state index in [0.717, 1.165) is 34.0 Å². The van der Waals surface area contributed by atoms with Gasteiger partial charge in [0.15, 0.2) is 0 Å². The van der Waals surface area contributed by atoms with E-state index in [9.17, 15) is 9.90 Å². The molecule has 0 bridgehead atoms. The van der Waals surface area contributed by atoms with E-state index in [0.29, 0.717) is 11.3 Å². The Labute approximate surface area is 163 Å². The highest BCUT2D eigenvalue weighted by Gasteiger charge is 2.39. The summed E-state index contributed by atoms with van der Waals surface area (Å²) < 4.78 is 4.88. The lowest BCUT2D eigenvalue weighted by Crippen LogP contribution is -2.29. The van der Waals surface area contributed by atoms with Crippen molar-refractivity contribution in [2.24, 2.45) is 5.92 Å². The van der Waals surface area contributed by atoms with Gasteiger partial charge < -0.3 is 15.2 Å². The first kappa shape index (κ1) is 16.9. The molecule has 0 radical (unpaired) electrons. The van der Waals surface area contributed by atoms with Gasteiger partial charge in [-0.15, -0.1) is 0 Å². The fourth-order valence-electron chi connectivity index (χ4n) is 4.74. The van der Waals surface area contributed by atoms with Crippen LogP contribution < -0.4 is 5.32 Å². The zero-order chi connectivity index (χ0) is 19.3. The summed E-state index contributed by atoms with van der Waals surface area (Å²) in [6.07, 6.45) is 5.35.